The largest absolute Gasteiger partial charge is 0.478 e. The fourth-order valence-corrected chi connectivity index (χ4v) is 2.21. The van der Waals surface area contributed by atoms with E-state index in [-0.39, 0.29) is 5.57 Å². The minimum Gasteiger partial charge on any atom is -0.478 e. The predicted octanol–water partition coefficient (Wildman–Crippen LogP) is 2.57. The van der Waals surface area contributed by atoms with Gasteiger partial charge < -0.3 is 14.7 Å². The Morgan fingerprint density at radius 2 is 2.20 bits per heavy atom. The molecule has 0 aliphatic carbocycles. The fourth-order valence-electron chi connectivity index (χ4n) is 2.21. The first-order chi connectivity index (χ1) is 9.40. The number of alkyl halides is 2. The van der Waals surface area contributed by atoms with Gasteiger partial charge in [0.25, 0.3) is 0 Å². The lowest BCUT2D eigenvalue weighted by Gasteiger charge is -2.30. The molecule has 1 unspecified atom stereocenters. The van der Waals surface area contributed by atoms with E-state index in [4.69, 9.17) is 5.11 Å². The van der Waals surface area contributed by atoms with Crippen LogP contribution < -0.4 is 4.90 Å². The van der Waals surface area contributed by atoms with Crippen LogP contribution in [0.5, 0.6) is 0 Å². The van der Waals surface area contributed by atoms with Crippen molar-refractivity contribution >= 4 is 11.7 Å². The molecule has 108 valence electrons. The number of hydrogen-bond acceptors (Lipinski definition) is 3. The summed E-state index contributed by atoms with van der Waals surface area (Å²) in [6.07, 6.45) is 1.32. The van der Waals surface area contributed by atoms with Gasteiger partial charge in [-0.3, -0.25) is 0 Å². The van der Waals surface area contributed by atoms with Crippen LogP contribution in [0.2, 0.25) is 0 Å². The van der Waals surface area contributed by atoms with Gasteiger partial charge in [0.2, 0.25) is 0 Å². The van der Waals surface area contributed by atoms with Crippen molar-refractivity contribution in [2.45, 2.75) is 12.5 Å². The molecule has 0 amide bonds. The van der Waals surface area contributed by atoms with Crippen LogP contribution in [0.4, 0.5) is 18.9 Å². The molecule has 1 aliphatic heterocycles. The normalized spacial score (nSPS) is 17.9. The summed E-state index contributed by atoms with van der Waals surface area (Å²) in [5, 5.41) is 9.15. The Kier molecular flexibility index (Phi) is 3.99. The second-order valence-electron chi connectivity index (χ2n) is 4.35. The molecule has 1 aromatic carbocycles. The number of fused-ring (bicyclic) bond motifs is 1. The molecule has 0 aromatic heterocycles. The van der Waals surface area contributed by atoms with Gasteiger partial charge >= 0.3 is 12.6 Å². The zero-order valence-electron chi connectivity index (χ0n) is 10.5. The molecule has 1 heterocycles. The van der Waals surface area contributed by atoms with Crippen molar-refractivity contribution in [1.29, 1.82) is 0 Å². The van der Waals surface area contributed by atoms with Gasteiger partial charge in [-0.15, -0.1) is 0 Å². The third-order valence-electron chi connectivity index (χ3n) is 3.09. The van der Waals surface area contributed by atoms with Crippen LogP contribution in [0.3, 0.4) is 0 Å². The van der Waals surface area contributed by atoms with Gasteiger partial charge in [-0.2, -0.15) is 8.78 Å². The summed E-state index contributed by atoms with van der Waals surface area (Å²) in [5.41, 5.74) is 0.749. The molecule has 0 saturated carbocycles. The van der Waals surface area contributed by atoms with Gasteiger partial charge in [0.05, 0.1) is 12.2 Å². The maximum absolute atomic E-state index is 13.3. The summed E-state index contributed by atoms with van der Waals surface area (Å²) in [7, 11) is 1.60. The van der Waals surface area contributed by atoms with E-state index >= 15 is 0 Å². The maximum Gasteiger partial charge on any atom is 0.345 e. The van der Waals surface area contributed by atoms with Crippen LogP contribution in [0.25, 0.3) is 0 Å². The lowest BCUT2D eigenvalue weighted by atomic mass is 9.88. The number of carboxylic acids is 1. The number of rotatable bonds is 4. The molecule has 0 bridgehead atoms. The molecular weight excluding hydrogens is 275 g/mol. The highest BCUT2D eigenvalue weighted by atomic mass is 19.3. The van der Waals surface area contributed by atoms with Crippen molar-refractivity contribution in [2.75, 3.05) is 18.6 Å². The molecule has 1 atom stereocenters. The highest BCUT2D eigenvalue weighted by molar-refractivity contribution is 5.91. The first-order valence-corrected chi connectivity index (χ1v) is 5.77. The topological polar surface area (TPSA) is 49.8 Å². The molecule has 0 radical (unpaired) electrons. The second-order valence-corrected chi connectivity index (χ2v) is 4.35. The Morgan fingerprint density at radius 1 is 1.50 bits per heavy atom. The molecule has 4 nitrogen and oxygen atoms in total. The molecular formula is C13H12F3NO3. The van der Waals surface area contributed by atoms with E-state index in [0.29, 0.717) is 11.3 Å². The molecule has 7 heteroatoms. The molecule has 0 saturated heterocycles. The number of hydrogen-bond donors (Lipinski definition) is 1. The van der Waals surface area contributed by atoms with Crippen molar-refractivity contribution in [1.82, 2.24) is 0 Å². The monoisotopic (exact) mass is 287 g/mol. The van der Waals surface area contributed by atoms with E-state index < -0.39 is 30.9 Å². The number of carboxylic acid groups (broad SMARTS) is 1. The third kappa shape index (κ3) is 2.77. The van der Waals surface area contributed by atoms with Gasteiger partial charge in [0, 0.05) is 24.9 Å². The average molecular weight is 287 g/mol. The first kappa shape index (κ1) is 14.4. The number of halogens is 3. The molecule has 20 heavy (non-hydrogen) atoms. The van der Waals surface area contributed by atoms with Crippen LogP contribution in [0, 0.1) is 5.82 Å². The Hall–Kier alpha value is -2.02. The van der Waals surface area contributed by atoms with Crippen molar-refractivity contribution in [2.24, 2.45) is 0 Å². The van der Waals surface area contributed by atoms with Crippen molar-refractivity contribution < 1.29 is 27.8 Å². The molecule has 1 aromatic rings. The summed E-state index contributed by atoms with van der Waals surface area (Å²) in [4.78, 5) is 12.7. The van der Waals surface area contributed by atoms with Crippen LogP contribution in [0.1, 0.15) is 11.5 Å². The summed E-state index contributed by atoms with van der Waals surface area (Å²) < 4.78 is 41.9. The van der Waals surface area contributed by atoms with Crippen LogP contribution in [0.15, 0.2) is 30.0 Å². The van der Waals surface area contributed by atoms with Gasteiger partial charge in [-0.1, -0.05) is 0 Å². The van der Waals surface area contributed by atoms with E-state index in [0.717, 1.165) is 6.07 Å². The molecule has 1 aliphatic rings. The van der Waals surface area contributed by atoms with E-state index in [1.807, 2.05) is 0 Å². The summed E-state index contributed by atoms with van der Waals surface area (Å²) in [6.45, 7) is -3.54. The van der Waals surface area contributed by atoms with Crippen LogP contribution in [-0.2, 0) is 9.53 Å². The van der Waals surface area contributed by atoms with Crippen LogP contribution >= 0.6 is 0 Å². The van der Waals surface area contributed by atoms with Gasteiger partial charge in [-0.05, 0) is 23.8 Å². The van der Waals surface area contributed by atoms with Gasteiger partial charge in [0.1, 0.15) is 5.82 Å². The lowest BCUT2D eigenvalue weighted by molar-refractivity contribution is -0.138. The number of ether oxygens (including phenoxy) is 1. The number of aliphatic carboxylic acids is 1. The van der Waals surface area contributed by atoms with Crippen molar-refractivity contribution in [3.63, 3.8) is 0 Å². The van der Waals surface area contributed by atoms with Crippen molar-refractivity contribution in [3.05, 3.63) is 41.4 Å². The maximum atomic E-state index is 13.3. The van der Waals surface area contributed by atoms with E-state index in [2.05, 4.69) is 4.74 Å². The van der Waals surface area contributed by atoms with Crippen molar-refractivity contribution in [3.8, 4) is 0 Å². The Morgan fingerprint density at radius 3 is 2.80 bits per heavy atom. The van der Waals surface area contributed by atoms with E-state index in [1.165, 1.54) is 23.2 Å². The Labute approximate surface area is 113 Å². The Bertz CT molecular complexity index is 560. The SMILES string of the molecule is CN1C=C(C(=O)O)C(COC(F)F)c2cc(F)ccc21. The zero-order valence-corrected chi connectivity index (χ0v) is 10.5. The quantitative estimate of drug-likeness (QED) is 0.924. The lowest BCUT2D eigenvalue weighted by Crippen LogP contribution is -2.27. The van der Waals surface area contributed by atoms with Gasteiger partial charge in [-0.25, -0.2) is 9.18 Å². The first-order valence-electron chi connectivity index (χ1n) is 5.77. The number of anilines is 1. The third-order valence-corrected chi connectivity index (χ3v) is 3.09. The highest BCUT2D eigenvalue weighted by Gasteiger charge is 2.31. The zero-order chi connectivity index (χ0) is 14.9. The van der Waals surface area contributed by atoms with Crippen LogP contribution in [-0.4, -0.2) is 31.3 Å². The number of nitrogens with zero attached hydrogens (tertiary/aromatic N) is 1. The second kappa shape index (κ2) is 5.54. The fraction of sp³-hybridized carbons (Fsp3) is 0.308. The average Bonchev–Trinajstić information content (AvgIpc) is 2.36. The summed E-state index contributed by atoms with van der Waals surface area (Å²) in [5.74, 6) is -2.76. The smallest absolute Gasteiger partial charge is 0.345 e. The standard InChI is InChI=1S/C13H12F3NO3/c1-17-5-9(12(18)19)10(6-20-13(15)16)8-4-7(14)2-3-11(8)17/h2-5,10,13H,6H2,1H3,(H,18,19). The molecule has 0 fully saturated rings. The summed E-state index contributed by atoms with van der Waals surface area (Å²) in [6, 6.07) is 3.83. The number of benzene rings is 1. The Balaban J connectivity index is 2.44. The molecule has 2 rings (SSSR count). The minimum absolute atomic E-state index is 0.119. The van der Waals surface area contributed by atoms with E-state index in [1.54, 1.807) is 7.05 Å². The summed E-state index contributed by atoms with van der Waals surface area (Å²) >= 11 is 0. The highest BCUT2D eigenvalue weighted by Crippen LogP contribution is 2.38. The van der Waals surface area contributed by atoms with E-state index in [9.17, 15) is 18.0 Å². The predicted molar refractivity (Wildman–Crippen MR) is 65.2 cm³/mol. The molecule has 0 spiro atoms. The molecule has 1 N–H and O–H groups in total. The number of carbonyl (C=O) groups is 1. The minimum atomic E-state index is -3.01. The van der Waals surface area contributed by atoms with Gasteiger partial charge in [0.15, 0.2) is 0 Å².